The van der Waals surface area contributed by atoms with Gasteiger partial charge < -0.3 is 9.47 Å². The topological polar surface area (TPSA) is 30.5 Å². The third-order valence-electron chi connectivity index (χ3n) is 2.61. The van der Waals surface area contributed by atoms with E-state index in [4.69, 9.17) is 15.9 Å². The van der Waals surface area contributed by atoms with Crippen LogP contribution in [0.2, 0.25) is 0 Å². The van der Waals surface area contributed by atoms with Crippen LogP contribution in [-0.2, 0) is 6.54 Å². The molecule has 0 aliphatic carbocycles. The predicted molar refractivity (Wildman–Crippen MR) is 69.3 cm³/mol. The lowest BCUT2D eigenvalue weighted by Crippen LogP contribution is -2.26. The van der Waals surface area contributed by atoms with E-state index in [1.54, 1.807) is 14.2 Å². The second-order valence-electron chi connectivity index (χ2n) is 3.70. The molecule has 1 rings (SSSR count). The number of hydrogen-bond acceptors (Lipinski definition) is 3. The van der Waals surface area contributed by atoms with E-state index in [0.29, 0.717) is 0 Å². The molecule has 1 aromatic rings. The second-order valence-corrected chi connectivity index (χ2v) is 3.70. The number of terminal acetylenes is 1. The summed E-state index contributed by atoms with van der Waals surface area (Å²) >= 11 is 0. The lowest BCUT2D eigenvalue weighted by atomic mass is 10.1. The van der Waals surface area contributed by atoms with E-state index in [1.807, 2.05) is 18.2 Å². The highest BCUT2D eigenvalue weighted by Crippen LogP contribution is 2.27. The van der Waals surface area contributed by atoms with Crippen LogP contribution in [0.3, 0.4) is 0 Å². The quantitative estimate of drug-likeness (QED) is 0.764. The Kier molecular flexibility index (Phi) is 5.38. The Balaban J connectivity index is 2.70. The van der Waals surface area contributed by atoms with Gasteiger partial charge in [-0.15, -0.1) is 6.42 Å². The van der Waals surface area contributed by atoms with Crippen LogP contribution in [0, 0.1) is 12.3 Å². The summed E-state index contributed by atoms with van der Waals surface area (Å²) in [7, 11) is 3.26. The van der Waals surface area contributed by atoms with Crippen molar-refractivity contribution in [3.05, 3.63) is 23.8 Å². The van der Waals surface area contributed by atoms with Gasteiger partial charge in [0.15, 0.2) is 11.5 Å². The van der Waals surface area contributed by atoms with Gasteiger partial charge >= 0.3 is 0 Å². The first-order valence-electron chi connectivity index (χ1n) is 5.65. The van der Waals surface area contributed by atoms with Crippen LogP contribution < -0.4 is 14.8 Å². The van der Waals surface area contributed by atoms with Crippen LogP contribution >= 0.6 is 0 Å². The normalized spacial score (nSPS) is 11.6. The zero-order chi connectivity index (χ0) is 12.7. The third kappa shape index (κ3) is 3.69. The Morgan fingerprint density at radius 1 is 1.29 bits per heavy atom. The minimum Gasteiger partial charge on any atom is -0.493 e. The minimum absolute atomic E-state index is 0.114. The minimum atomic E-state index is 0.114. The molecular weight excluding hydrogens is 214 g/mol. The van der Waals surface area contributed by atoms with E-state index in [9.17, 15) is 0 Å². The molecule has 1 atom stereocenters. The summed E-state index contributed by atoms with van der Waals surface area (Å²) in [5.74, 6) is 4.18. The summed E-state index contributed by atoms with van der Waals surface area (Å²) < 4.78 is 10.4. The van der Waals surface area contributed by atoms with Crippen molar-refractivity contribution in [2.45, 2.75) is 25.9 Å². The Labute approximate surface area is 103 Å². The van der Waals surface area contributed by atoms with Crippen LogP contribution in [0.5, 0.6) is 11.5 Å². The highest BCUT2D eigenvalue weighted by Gasteiger charge is 2.05. The Hall–Kier alpha value is -1.66. The Morgan fingerprint density at radius 2 is 2.00 bits per heavy atom. The van der Waals surface area contributed by atoms with Crippen LogP contribution in [0.25, 0.3) is 0 Å². The number of benzene rings is 1. The Bertz CT molecular complexity index is 396. The van der Waals surface area contributed by atoms with Crippen LogP contribution in [0.1, 0.15) is 18.9 Å². The zero-order valence-corrected chi connectivity index (χ0v) is 10.6. The molecule has 1 unspecified atom stereocenters. The fourth-order valence-corrected chi connectivity index (χ4v) is 1.55. The molecule has 0 spiro atoms. The van der Waals surface area contributed by atoms with Crippen molar-refractivity contribution >= 4 is 0 Å². The number of rotatable bonds is 6. The standard InChI is InChI=1S/C14H19NO2/c1-5-12(6-2)15-10-11-7-8-13(16-3)14(9-11)17-4/h1,7-9,12,15H,6,10H2,2-4H3. The van der Waals surface area contributed by atoms with Crippen molar-refractivity contribution in [2.24, 2.45) is 0 Å². The van der Waals surface area contributed by atoms with E-state index in [-0.39, 0.29) is 6.04 Å². The lowest BCUT2D eigenvalue weighted by Gasteiger charge is -2.12. The fraction of sp³-hybridized carbons (Fsp3) is 0.429. The van der Waals surface area contributed by atoms with Crippen molar-refractivity contribution in [3.63, 3.8) is 0 Å². The maximum Gasteiger partial charge on any atom is 0.161 e. The van der Waals surface area contributed by atoms with Gasteiger partial charge in [-0.25, -0.2) is 0 Å². The van der Waals surface area contributed by atoms with Gasteiger partial charge in [0, 0.05) is 6.54 Å². The highest BCUT2D eigenvalue weighted by molar-refractivity contribution is 5.42. The molecule has 0 fully saturated rings. The van der Waals surface area contributed by atoms with Gasteiger partial charge in [0.25, 0.3) is 0 Å². The van der Waals surface area contributed by atoms with E-state index in [1.165, 1.54) is 0 Å². The van der Waals surface area contributed by atoms with Gasteiger partial charge in [0.1, 0.15) is 0 Å². The highest BCUT2D eigenvalue weighted by atomic mass is 16.5. The van der Waals surface area contributed by atoms with Crippen LogP contribution in [0.15, 0.2) is 18.2 Å². The van der Waals surface area contributed by atoms with Crippen LogP contribution in [-0.4, -0.2) is 20.3 Å². The molecular formula is C14H19NO2. The van der Waals surface area contributed by atoms with Gasteiger partial charge in [-0.3, -0.25) is 5.32 Å². The molecule has 0 aliphatic heterocycles. The largest absolute Gasteiger partial charge is 0.493 e. The van der Waals surface area contributed by atoms with Crippen molar-refractivity contribution in [1.29, 1.82) is 0 Å². The first-order valence-corrected chi connectivity index (χ1v) is 5.65. The van der Waals surface area contributed by atoms with E-state index >= 15 is 0 Å². The number of nitrogens with one attached hydrogen (secondary N) is 1. The monoisotopic (exact) mass is 233 g/mol. The molecule has 0 aliphatic rings. The van der Waals surface area contributed by atoms with Crippen molar-refractivity contribution < 1.29 is 9.47 Å². The molecule has 3 nitrogen and oxygen atoms in total. The predicted octanol–water partition coefficient (Wildman–Crippen LogP) is 2.21. The zero-order valence-electron chi connectivity index (χ0n) is 10.6. The average Bonchev–Trinajstić information content (AvgIpc) is 2.39. The molecule has 0 saturated heterocycles. The molecule has 0 saturated carbocycles. The van der Waals surface area contributed by atoms with Crippen molar-refractivity contribution in [1.82, 2.24) is 5.32 Å². The molecule has 1 aromatic carbocycles. The molecule has 1 N–H and O–H groups in total. The van der Waals surface area contributed by atoms with E-state index in [2.05, 4.69) is 18.2 Å². The molecule has 17 heavy (non-hydrogen) atoms. The summed E-state index contributed by atoms with van der Waals surface area (Å²) in [6.45, 7) is 2.79. The van der Waals surface area contributed by atoms with Crippen LogP contribution in [0.4, 0.5) is 0 Å². The van der Waals surface area contributed by atoms with Gasteiger partial charge in [-0.1, -0.05) is 18.9 Å². The van der Waals surface area contributed by atoms with E-state index < -0.39 is 0 Å². The first kappa shape index (κ1) is 13.4. The number of hydrogen-bond donors (Lipinski definition) is 1. The molecule has 0 aromatic heterocycles. The summed E-state index contributed by atoms with van der Waals surface area (Å²) in [6, 6.07) is 5.96. The van der Waals surface area contributed by atoms with Crippen molar-refractivity contribution in [3.8, 4) is 23.8 Å². The maximum absolute atomic E-state index is 5.39. The van der Waals surface area contributed by atoms with Crippen molar-refractivity contribution in [2.75, 3.05) is 14.2 Å². The number of ether oxygens (including phenoxy) is 2. The van der Waals surface area contributed by atoms with Gasteiger partial charge in [-0.05, 0) is 24.1 Å². The molecule has 0 amide bonds. The SMILES string of the molecule is C#CC(CC)NCc1ccc(OC)c(OC)c1. The van der Waals surface area contributed by atoms with Gasteiger partial charge in [0.2, 0.25) is 0 Å². The molecule has 0 radical (unpaired) electrons. The van der Waals surface area contributed by atoms with E-state index in [0.717, 1.165) is 30.0 Å². The fourth-order valence-electron chi connectivity index (χ4n) is 1.55. The average molecular weight is 233 g/mol. The van der Waals surface area contributed by atoms with Gasteiger partial charge in [-0.2, -0.15) is 0 Å². The third-order valence-corrected chi connectivity index (χ3v) is 2.61. The summed E-state index contributed by atoms with van der Waals surface area (Å²) in [4.78, 5) is 0. The summed E-state index contributed by atoms with van der Waals surface area (Å²) in [6.07, 6.45) is 6.31. The second kappa shape index (κ2) is 6.82. The maximum atomic E-state index is 5.39. The lowest BCUT2D eigenvalue weighted by molar-refractivity contribution is 0.354. The van der Waals surface area contributed by atoms with Gasteiger partial charge in [0.05, 0.1) is 20.3 Å². The number of methoxy groups -OCH3 is 2. The smallest absolute Gasteiger partial charge is 0.161 e. The summed E-state index contributed by atoms with van der Waals surface area (Å²) in [5.41, 5.74) is 1.12. The summed E-state index contributed by atoms with van der Waals surface area (Å²) in [5, 5.41) is 3.29. The first-order chi connectivity index (χ1) is 8.24. The molecule has 92 valence electrons. The molecule has 0 heterocycles. The molecule has 3 heteroatoms. The Morgan fingerprint density at radius 3 is 2.53 bits per heavy atom. The molecule has 0 bridgehead atoms.